The fraction of sp³-hybridized carbons (Fsp3) is 0.500. The standard InChI is InChI=1S/C12H18BrNO4S/c1-5-8(2)14-19(15,16)12-7-10(17-3)9(13)6-11(12)18-4/h6-8,14H,5H2,1-4H3/t8-/m1/s1. The van der Waals surface area contributed by atoms with Crippen molar-refractivity contribution in [2.75, 3.05) is 14.2 Å². The second kappa shape index (κ2) is 6.58. The van der Waals surface area contributed by atoms with Crippen molar-refractivity contribution in [1.29, 1.82) is 0 Å². The molecule has 1 rings (SSSR count). The van der Waals surface area contributed by atoms with Crippen LogP contribution in [-0.4, -0.2) is 28.7 Å². The molecule has 0 aromatic heterocycles. The van der Waals surface area contributed by atoms with Gasteiger partial charge in [-0.2, -0.15) is 0 Å². The highest BCUT2D eigenvalue weighted by Gasteiger charge is 2.23. The minimum absolute atomic E-state index is 0.0651. The Bertz CT molecular complexity index is 545. The fourth-order valence-electron chi connectivity index (χ4n) is 1.45. The Hall–Kier alpha value is -0.790. The molecule has 0 unspecified atom stereocenters. The van der Waals surface area contributed by atoms with E-state index in [2.05, 4.69) is 20.7 Å². The molecule has 0 aliphatic rings. The monoisotopic (exact) mass is 351 g/mol. The fourth-order valence-corrected chi connectivity index (χ4v) is 3.43. The van der Waals surface area contributed by atoms with Crippen molar-refractivity contribution in [2.24, 2.45) is 0 Å². The highest BCUT2D eigenvalue weighted by atomic mass is 79.9. The summed E-state index contributed by atoms with van der Waals surface area (Å²) < 4.78 is 38.1. The van der Waals surface area contributed by atoms with Gasteiger partial charge in [0.2, 0.25) is 10.0 Å². The van der Waals surface area contributed by atoms with Crippen LogP contribution in [-0.2, 0) is 10.0 Å². The van der Waals surface area contributed by atoms with Gasteiger partial charge in [-0.1, -0.05) is 6.92 Å². The average Bonchev–Trinajstić information content (AvgIpc) is 2.37. The van der Waals surface area contributed by atoms with E-state index >= 15 is 0 Å². The molecule has 0 bridgehead atoms. The second-order valence-electron chi connectivity index (χ2n) is 4.07. The maximum absolute atomic E-state index is 12.3. The van der Waals surface area contributed by atoms with Gasteiger partial charge >= 0.3 is 0 Å². The number of sulfonamides is 1. The molecule has 1 N–H and O–H groups in total. The molecule has 1 aromatic carbocycles. The van der Waals surface area contributed by atoms with Crippen molar-refractivity contribution < 1.29 is 17.9 Å². The predicted molar refractivity (Wildman–Crippen MR) is 77.3 cm³/mol. The third kappa shape index (κ3) is 3.84. The first kappa shape index (κ1) is 16.3. The lowest BCUT2D eigenvalue weighted by Crippen LogP contribution is -2.32. The van der Waals surface area contributed by atoms with Crippen LogP contribution in [0, 0.1) is 0 Å². The Morgan fingerprint density at radius 1 is 1.26 bits per heavy atom. The molecule has 108 valence electrons. The van der Waals surface area contributed by atoms with E-state index in [1.165, 1.54) is 20.3 Å². The largest absolute Gasteiger partial charge is 0.496 e. The smallest absolute Gasteiger partial charge is 0.244 e. The second-order valence-corrected chi connectivity index (χ2v) is 6.60. The minimum atomic E-state index is -3.64. The lowest BCUT2D eigenvalue weighted by molar-refractivity contribution is 0.389. The number of ether oxygens (including phenoxy) is 2. The molecule has 5 nitrogen and oxygen atoms in total. The van der Waals surface area contributed by atoms with Crippen LogP contribution in [0.3, 0.4) is 0 Å². The Morgan fingerprint density at radius 3 is 2.32 bits per heavy atom. The molecule has 0 saturated carbocycles. The van der Waals surface area contributed by atoms with Gasteiger partial charge in [0, 0.05) is 12.1 Å². The summed E-state index contributed by atoms with van der Waals surface area (Å²) in [6.45, 7) is 3.71. The highest BCUT2D eigenvalue weighted by molar-refractivity contribution is 9.10. The quantitative estimate of drug-likeness (QED) is 0.855. The molecule has 0 spiro atoms. The van der Waals surface area contributed by atoms with Crippen molar-refractivity contribution in [2.45, 2.75) is 31.2 Å². The molecule has 1 aromatic rings. The Morgan fingerprint density at radius 2 is 1.84 bits per heavy atom. The number of methoxy groups -OCH3 is 2. The van der Waals surface area contributed by atoms with Crippen LogP contribution in [0.4, 0.5) is 0 Å². The molecule has 7 heteroatoms. The molecule has 1 atom stereocenters. The number of halogens is 1. The van der Waals surface area contributed by atoms with Gasteiger partial charge in [-0.15, -0.1) is 0 Å². The van der Waals surface area contributed by atoms with E-state index in [1.807, 2.05) is 6.92 Å². The summed E-state index contributed by atoms with van der Waals surface area (Å²) in [6, 6.07) is 2.86. The first-order valence-electron chi connectivity index (χ1n) is 5.79. The molecular formula is C12H18BrNO4S. The van der Waals surface area contributed by atoms with Crippen LogP contribution in [0.1, 0.15) is 20.3 Å². The zero-order chi connectivity index (χ0) is 14.6. The first-order chi connectivity index (χ1) is 8.85. The van der Waals surface area contributed by atoms with E-state index < -0.39 is 10.0 Å². The van der Waals surface area contributed by atoms with Crippen molar-refractivity contribution in [3.8, 4) is 11.5 Å². The summed E-state index contributed by atoms with van der Waals surface area (Å²) in [5.74, 6) is 0.703. The van der Waals surface area contributed by atoms with Crippen LogP contribution in [0.5, 0.6) is 11.5 Å². The maximum atomic E-state index is 12.3. The Balaban J connectivity index is 3.32. The third-order valence-corrected chi connectivity index (χ3v) is 4.93. The summed E-state index contributed by atoms with van der Waals surface area (Å²) in [6.07, 6.45) is 0.704. The molecule has 0 fully saturated rings. The van der Waals surface area contributed by atoms with Gasteiger partial charge in [-0.05, 0) is 35.3 Å². The Kier molecular flexibility index (Phi) is 5.64. The minimum Gasteiger partial charge on any atom is -0.496 e. The lowest BCUT2D eigenvalue weighted by atomic mass is 10.3. The number of hydrogen-bond donors (Lipinski definition) is 1. The molecule has 0 radical (unpaired) electrons. The van der Waals surface area contributed by atoms with Crippen LogP contribution in [0.15, 0.2) is 21.5 Å². The van der Waals surface area contributed by atoms with Gasteiger partial charge in [-0.25, -0.2) is 13.1 Å². The van der Waals surface area contributed by atoms with Gasteiger partial charge in [0.05, 0.1) is 18.7 Å². The van der Waals surface area contributed by atoms with Gasteiger partial charge in [0.15, 0.2) is 0 Å². The van der Waals surface area contributed by atoms with Crippen molar-refractivity contribution in [3.63, 3.8) is 0 Å². The zero-order valence-electron chi connectivity index (χ0n) is 11.4. The SMILES string of the molecule is CC[C@@H](C)NS(=O)(=O)c1cc(OC)c(Br)cc1OC. The Labute approximate surface area is 122 Å². The van der Waals surface area contributed by atoms with Crippen LogP contribution >= 0.6 is 15.9 Å². The van der Waals surface area contributed by atoms with E-state index in [-0.39, 0.29) is 16.7 Å². The molecule has 0 amide bonds. The number of benzene rings is 1. The lowest BCUT2D eigenvalue weighted by Gasteiger charge is -2.16. The van der Waals surface area contributed by atoms with Gasteiger partial charge < -0.3 is 9.47 Å². The van der Waals surface area contributed by atoms with E-state index in [0.29, 0.717) is 16.6 Å². The summed E-state index contributed by atoms with van der Waals surface area (Å²) in [5, 5.41) is 0. The van der Waals surface area contributed by atoms with Crippen molar-refractivity contribution in [1.82, 2.24) is 4.72 Å². The molecule has 0 aliphatic heterocycles. The highest BCUT2D eigenvalue weighted by Crippen LogP contribution is 2.35. The molecule has 0 saturated heterocycles. The van der Waals surface area contributed by atoms with Crippen molar-refractivity contribution in [3.05, 3.63) is 16.6 Å². The number of hydrogen-bond acceptors (Lipinski definition) is 4. The maximum Gasteiger partial charge on any atom is 0.244 e. The summed E-state index contributed by atoms with van der Waals surface area (Å²) in [5.41, 5.74) is 0. The normalized spacial score (nSPS) is 13.1. The van der Waals surface area contributed by atoms with E-state index in [0.717, 1.165) is 0 Å². The zero-order valence-corrected chi connectivity index (χ0v) is 13.8. The average molecular weight is 352 g/mol. The van der Waals surface area contributed by atoms with Crippen LogP contribution < -0.4 is 14.2 Å². The van der Waals surface area contributed by atoms with Gasteiger partial charge in [-0.3, -0.25) is 0 Å². The topological polar surface area (TPSA) is 64.6 Å². The van der Waals surface area contributed by atoms with Gasteiger partial charge in [0.25, 0.3) is 0 Å². The number of rotatable bonds is 6. The third-order valence-electron chi connectivity index (χ3n) is 2.70. The van der Waals surface area contributed by atoms with Crippen LogP contribution in [0.2, 0.25) is 0 Å². The number of nitrogens with one attached hydrogen (secondary N) is 1. The molecule has 0 heterocycles. The molecule has 0 aliphatic carbocycles. The summed E-state index contributed by atoms with van der Waals surface area (Å²) in [4.78, 5) is 0.0651. The molecule has 19 heavy (non-hydrogen) atoms. The predicted octanol–water partition coefficient (Wildman–Crippen LogP) is 2.54. The van der Waals surface area contributed by atoms with Crippen molar-refractivity contribution >= 4 is 26.0 Å². The molecular weight excluding hydrogens is 334 g/mol. The van der Waals surface area contributed by atoms with Crippen LogP contribution in [0.25, 0.3) is 0 Å². The van der Waals surface area contributed by atoms with E-state index in [9.17, 15) is 8.42 Å². The van der Waals surface area contributed by atoms with E-state index in [4.69, 9.17) is 9.47 Å². The van der Waals surface area contributed by atoms with Gasteiger partial charge in [0.1, 0.15) is 16.4 Å². The summed E-state index contributed by atoms with van der Waals surface area (Å²) in [7, 11) is -0.735. The van der Waals surface area contributed by atoms with E-state index in [1.54, 1.807) is 13.0 Å². The summed E-state index contributed by atoms with van der Waals surface area (Å²) >= 11 is 3.29. The first-order valence-corrected chi connectivity index (χ1v) is 8.07.